The van der Waals surface area contributed by atoms with Crippen molar-refractivity contribution < 1.29 is 4.79 Å². The second-order valence-electron chi connectivity index (χ2n) is 4.99. The maximum Gasteiger partial charge on any atom is 0.241 e. The SMILES string of the molecule is C/C=C1\C=CCN(C(=O)C2NC2C2CC2)C1. The Bertz CT molecular complexity index is 368. The van der Waals surface area contributed by atoms with E-state index in [9.17, 15) is 4.79 Å². The molecule has 3 nitrogen and oxygen atoms in total. The van der Waals surface area contributed by atoms with Gasteiger partial charge in [0.05, 0.1) is 0 Å². The van der Waals surface area contributed by atoms with Crippen LogP contribution in [0.1, 0.15) is 19.8 Å². The second kappa shape index (κ2) is 3.74. The van der Waals surface area contributed by atoms with Gasteiger partial charge in [0.15, 0.2) is 0 Å². The van der Waals surface area contributed by atoms with Crippen molar-refractivity contribution in [1.82, 2.24) is 10.2 Å². The molecule has 1 saturated heterocycles. The Morgan fingerprint density at radius 3 is 3.06 bits per heavy atom. The fourth-order valence-electron chi connectivity index (χ4n) is 2.46. The molecular formula is C13H18N2O. The molecule has 2 aliphatic heterocycles. The summed E-state index contributed by atoms with van der Waals surface area (Å²) in [6, 6.07) is 0.615. The standard InChI is InChI=1S/C13H18N2O/c1-2-9-4-3-7-15(8-9)13(16)12-11(14-12)10-5-6-10/h2-4,10-12,14H,5-8H2,1H3/b9-2+. The molecule has 0 radical (unpaired) electrons. The molecule has 86 valence electrons. The minimum atomic E-state index is 0.122. The van der Waals surface area contributed by atoms with E-state index in [1.807, 2.05) is 11.8 Å². The molecule has 16 heavy (non-hydrogen) atoms. The number of nitrogens with one attached hydrogen (secondary N) is 1. The Morgan fingerprint density at radius 1 is 1.56 bits per heavy atom. The van der Waals surface area contributed by atoms with Crippen LogP contribution >= 0.6 is 0 Å². The first kappa shape index (κ1) is 10.1. The third-order valence-corrected chi connectivity index (χ3v) is 3.73. The first-order chi connectivity index (χ1) is 7.79. The van der Waals surface area contributed by atoms with Gasteiger partial charge in [-0.1, -0.05) is 18.2 Å². The van der Waals surface area contributed by atoms with E-state index in [2.05, 4.69) is 23.5 Å². The average Bonchev–Trinajstić information content (AvgIpc) is 3.17. The molecule has 3 rings (SSSR count). The predicted molar refractivity (Wildman–Crippen MR) is 62.9 cm³/mol. The smallest absolute Gasteiger partial charge is 0.241 e. The fourth-order valence-corrected chi connectivity index (χ4v) is 2.46. The molecule has 0 aromatic carbocycles. The van der Waals surface area contributed by atoms with Crippen molar-refractivity contribution >= 4 is 5.91 Å². The van der Waals surface area contributed by atoms with Crippen molar-refractivity contribution in [2.24, 2.45) is 5.92 Å². The van der Waals surface area contributed by atoms with E-state index in [0.717, 1.165) is 19.0 Å². The Labute approximate surface area is 96.2 Å². The number of nitrogens with zero attached hydrogens (tertiary/aromatic N) is 1. The van der Waals surface area contributed by atoms with E-state index in [-0.39, 0.29) is 6.04 Å². The van der Waals surface area contributed by atoms with Gasteiger partial charge in [0.25, 0.3) is 0 Å². The summed E-state index contributed by atoms with van der Waals surface area (Å²) in [6.45, 7) is 3.57. The third kappa shape index (κ3) is 1.80. The van der Waals surface area contributed by atoms with E-state index < -0.39 is 0 Å². The molecule has 1 amide bonds. The number of hydrogen-bond acceptors (Lipinski definition) is 2. The minimum absolute atomic E-state index is 0.122. The molecule has 0 spiro atoms. The highest BCUT2D eigenvalue weighted by Gasteiger charge is 2.51. The lowest BCUT2D eigenvalue weighted by Gasteiger charge is -2.24. The van der Waals surface area contributed by atoms with E-state index in [1.54, 1.807) is 0 Å². The molecule has 2 fully saturated rings. The summed E-state index contributed by atoms with van der Waals surface area (Å²) in [4.78, 5) is 14.1. The third-order valence-electron chi connectivity index (χ3n) is 3.73. The average molecular weight is 218 g/mol. The number of hydrogen-bond donors (Lipinski definition) is 1. The molecular weight excluding hydrogens is 200 g/mol. The van der Waals surface area contributed by atoms with E-state index >= 15 is 0 Å². The Balaban J connectivity index is 1.61. The summed E-state index contributed by atoms with van der Waals surface area (Å²) < 4.78 is 0. The van der Waals surface area contributed by atoms with E-state index in [1.165, 1.54) is 18.4 Å². The van der Waals surface area contributed by atoms with Crippen molar-refractivity contribution in [2.45, 2.75) is 31.8 Å². The summed E-state index contributed by atoms with van der Waals surface area (Å²) in [7, 11) is 0. The molecule has 3 aliphatic rings. The second-order valence-corrected chi connectivity index (χ2v) is 4.99. The van der Waals surface area contributed by atoms with E-state index in [4.69, 9.17) is 0 Å². The first-order valence-electron chi connectivity index (χ1n) is 6.16. The van der Waals surface area contributed by atoms with Crippen molar-refractivity contribution in [3.8, 4) is 0 Å². The summed E-state index contributed by atoms with van der Waals surface area (Å²) >= 11 is 0. The molecule has 3 heteroatoms. The molecule has 0 bridgehead atoms. The molecule has 2 atom stereocenters. The highest BCUT2D eigenvalue weighted by atomic mass is 16.2. The minimum Gasteiger partial charge on any atom is -0.333 e. The predicted octanol–water partition coefficient (Wildman–Crippen LogP) is 1.08. The van der Waals surface area contributed by atoms with Gasteiger partial charge in [-0.05, 0) is 31.3 Å². The van der Waals surface area contributed by atoms with Crippen LogP contribution < -0.4 is 5.32 Å². The van der Waals surface area contributed by atoms with Crippen LogP contribution in [-0.4, -0.2) is 36.0 Å². The van der Waals surface area contributed by atoms with Crippen LogP contribution in [0.15, 0.2) is 23.8 Å². The fraction of sp³-hybridized carbons (Fsp3) is 0.615. The lowest BCUT2D eigenvalue weighted by Crippen LogP contribution is -2.39. The van der Waals surface area contributed by atoms with Crippen LogP contribution in [-0.2, 0) is 4.79 Å². The van der Waals surface area contributed by atoms with Gasteiger partial charge in [-0.25, -0.2) is 0 Å². The van der Waals surface area contributed by atoms with Crippen LogP contribution in [0.4, 0.5) is 0 Å². The van der Waals surface area contributed by atoms with Gasteiger partial charge in [0, 0.05) is 19.1 Å². The zero-order valence-electron chi connectivity index (χ0n) is 9.65. The molecule has 1 saturated carbocycles. The summed E-state index contributed by atoms with van der Waals surface area (Å²) in [6.07, 6.45) is 8.88. The van der Waals surface area contributed by atoms with Crippen LogP contribution in [0.25, 0.3) is 0 Å². The van der Waals surface area contributed by atoms with Crippen molar-refractivity contribution in [1.29, 1.82) is 0 Å². The van der Waals surface area contributed by atoms with Gasteiger partial charge in [-0.15, -0.1) is 0 Å². The number of rotatable bonds is 2. The molecule has 0 aromatic rings. The van der Waals surface area contributed by atoms with Gasteiger partial charge < -0.3 is 4.90 Å². The van der Waals surface area contributed by atoms with Gasteiger partial charge in [-0.3, -0.25) is 10.1 Å². The Kier molecular flexibility index (Phi) is 2.36. The normalized spacial score (nSPS) is 35.6. The summed E-state index contributed by atoms with van der Waals surface area (Å²) in [5.74, 6) is 1.08. The zero-order chi connectivity index (χ0) is 11.1. The maximum absolute atomic E-state index is 12.2. The molecule has 1 N–H and O–H groups in total. The first-order valence-corrected chi connectivity index (χ1v) is 6.16. The van der Waals surface area contributed by atoms with Crippen LogP contribution in [0, 0.1) is 5.92 Å². The number of allylic oxidation sites excluding steroid dienone is 1. The zero-order valence-corrected chi connectivity index (χ0v) is 9.65. The van der Waals surface area contributed by atoms with Crippen molar-refractivity contribution in [2.75, 3.05) is 13.1 Å². The van der Waals surface area contributed by atoms with Crippen LogP contribution in [0.2, 0.25) is 0 Å². The lowest BCUT2D eigenvalue weighted by molar-refractivity contribution is -0.130. The maximum atomic E-state index is 12.2. The Morgan fingerprint density at radius 2 is 2.38 bits per heavy atom. The largest absolute Gasteiger partial charge is 0.333 e. The molecule has 1 aliphatic carbocycles. The van der Waals surface area contributed by atoms with Gasteiger partial charge in [-0.2, -0.15) is 0 Å². The van der Waals surface area contributed by atoms with Crippen molar-refractivity contribution in [3.63, 3.8) is 0 Å². The quantitative estimate of drug-likeness (QED) is 0.705. The lowest BCUT2D eigenvalue weighted by atomic mass is 10.1. The number of carbonyl (C=O) groups excluding carboxylic acids is 1. The topological polar surface area (TPSA) is 42.2 Å². The number of carbonyl (C=O) groups is 1. The summed E-state index contributed by atoms with van der Waals surface area (Å²) in [5, 5.41) is 3.33. The molecule has 2 unspecified atom stereocenters. The van der Waals surface area contributed by atoms with Gasteiger partial charge in [0.2, 0.25) is 5.91 Å². The van der Waals surface area contributed by atoms with Gasteiger partial charge >= 0.3 is 0 Å². The highest BCUT2D eigenvalue weighted by Crippen LogP contribution is 2.40. The monoisotopic (exact) mass is 218 g/mol. The van der Waals surface area contributed by atoms with Crippen molar-refractivity contribution in [3.05, 3.63) is 23.8 Å². The van der Waals surface area contributed by atoms with Crippen LogP contribution in [0.3, 0.4) is 0 Å². The summed E-state index contributed by atoms with van der Waals surface area (Å²) in [5.41, 5.74) is 1.24. The Hall–Kier alpha value is -1.09. The van der Waals surface area contributed by atoms with Crippen LogP contribution in [0.5, 0.6) is 0 Å². The molecule has 2 heterocycles. The molecule has 0 aromatic heterocycles. The number of amides is 1. The van der Waals surface area contributed by atoms with E-state index in [0.29, 0.717) is 11.9 Å². The van der Waals surface area contributed by atoms with Gasteiger partial charge in [0.1, 0.15) is 6.04 Å². The highest BCUT2D eigenvalue weighted by molar-refractivity contribution is 5.86.